The Morgan fingerprint density at radius 2 is 2.00 bits per heavy atom. The first-order chi connectivity index (χ1) is 9.75. The molecule has 3 heteroatoms. The van der Waals surface area contributed by atoms with Gasteiger partial charge in [-0.1, -0.05) is 6.42 Å². The Morgan fingerprint density at radius 1 is 1.10 bits per heavy atom. The maximum absolute atomic E-state index is 3.59. The van der Waals surface area contributed by atoms with Crippen LogP contribution in [0.5, 0.6) is 0 Å². The van der Waals surface area contributed by atoms with E-state index in [2.05, 4.69) is 29.0 Å². The SMILES string of the molecule is CC(C)N(CC1CCCNC1)C1CCN2CCCCC12. The Labute approximate surface area is 125 Å². The van der Waals surface area contributed by atoms with Crippen LogP contribution in [0.15, 0.2) is 0 Å². The third-order valence-electron chi connectivity index (χ3n) is 5.78. The smallest absolute Gasteiger partial charge is 0.0266 e. The van der Waals surface area contributed by atoms with Crippen molar-refractivity contribution in [2.75, 3.05) is 32.7 Å². The second-order valence-electron chi connectivity index (χ2n) is 7.46. The summed E-state index contributed by atoms with van der Waals surface area (Å²) in [7, 11) is 0. The number of nitrogens with one attached hydrogen (secondary N) is 1. The molecular weight excluding hydrogens is 246 g/mol. The molecule has 3 saturated heterocycles. The molecule has 116 valence electrons. The lowest BCUT2D eigenvalue weighted by molar-refractivity contribution is 0.0737. The van der Waals surface area contributed by atoms with Crippen LogP contribution in [0.3, 0.4) is 0 Å². The van der Waals surface area contributed by atoms with Crippen LogP contribution < -0.4 is 5.32 Å². The fourth-order valence-corrected chi connectivity index (χ4v) is 4.71. The van der Waals surface area contributed by atoms with Crippen LogP contribution in [0.25, 0.3) is 0 Å². The molecular formula is C17H33N3. The number of hydrogen-bond acceptors (Lipinski definition) is 3. The predicted molar refractivity (Wildman–Crippen MR) is 85.1 cm³/mol. The zero-order chi connectivity index (χ0) is 13.9. The summed E-state index contributed by atoms with van der Waals surface area (Å²) in [5.41, 5.74) is 0. The van der Waals surface area contributed by atoms with Crippen LogP contribution in [0.2, 0.25) is 0 Å². The molecule has 3 rings (SSSR count). The van der Waals surface area contributed by atoms with Crippen LogP contribution >= 0.6 is 0 Å². The van der Waals surface area contributed by atoms with Gasteiger partial charge in [-0.15, -0.1) is 0 Å². The Balaban J connectivity index is 1.63. The van der Waals surface area contributed by atoms with Crippen LogP contribution in [0, 0.1) is 5.92 Å². The second kappa shape index (κ2) is 6.76. The van der Waals surface area contributed by atoms with Crippen molar-refractivity contribution in [3.63, 3.8) is 0 Å². The number of piperidine rings is 2. The Kier molecular flexibility index (Phi) is 5.00. The number of hydrogen-bond donors (Lipinski definition) is 1. The van der Waals surface area contributed by atoms with Gasteiger partial charge in [-0.3, -0.25) is 9.80 Å². The van der Waals surface area contributed by atoms with Crippen molar-refractivity contribution >= 4 is 0 Å². The van der Waals surface area contributed by atoms with Gasteiger partial charge in [0.15, 0.2) is 0 Å². The molecule has 3 nitrogen and oxygen atoms in total. The first-order valence-corrected chi connectivity index (χ1v) is 8.96. The Morgan fingerprint density at radius 3 is 2.75 bits per heavy atom. The maximum Gasteiger partial charge on any atom is 0.0266 e. The van der Waals surface area contributed by atoms with Gasteiger partial charge in [0.1, 0.15) is 0 Å². The van der Waals surface area contributed by atoms with Gasteiger partial charge in [0, 0.05) is 31.2 Å². The topological polar surface area (TPSA) is 18.5 Å². The van der Waals surface area contributed by atoms with E-state index in [1.807, 2.05) is 0 Å². The maximum atomic E-state index is 3.59. The molecule has 0 radical (unpaired) electrons. The first kappa shape index (κ1) is 14.8. The summed E-state index contributed by atoms with van der Waals surface area (Å²) in [4.78, 5) is 5.64. The molecule has 3 aliphatic heterocycles. The fourth-order valence-electron chi connectivity index (χ4n) is 4.71. The van der Waals surface area contributed by atoms with E-state index in [-0.39, 0.29) is 0 Å². The second-order valence-corrected chi connectivity index (χ2v) is 7.46. The zero-order valence-corrected chi connectivity index (χ0v) is 13.5. The highest BCUT2D eigenvalue weighted by Gasteiger charge is 2.39. The third kappa shape index (κ3) is 3.20. The Hall–Kier alpha value is -0.120. The van der Waals surface area contributed by atoms with Gasteiger partial charge in [-0.2, -0.15) is 0 Å². The van der Waals surface area contributed by atoms with Crippen molar-refractivity contribution < 1.29 is 0 Å². The third-order valence-corrected chi connectivity index (χ3v) is 5.78. The average molecular weight is 279 g/mol. The van der Waals surface area contributed by atoms with Crippen molar-refractivity contribution in [3.8, 4) is 0 Å². The molecule has 3 atom stereocenters. The monoisotopic (exact) mass is 279 g/mol. The van der Waals surface area contributed by atoms with Crippen molar-refractivity contribution in [2.24, 2.45) is 5.92 Å². The molecule has 0 aromatic rings. The highest BCUT2D eigenvalue weighted by atomic mass is 15.3. The van der Waals surface area contributed by atoms with E-state index < -0.39 is 0 Å². The normalized spacial score (nSPS) is 35.7. The minimum absolute atomic E-state index is 0.698. The molecule has 3 unspecified atom stereocenters. The molecule has 0 amide bonds. The van der Waals surface area contributed by atoms with E-state index in [9.17, 15) is 0 Å². The summed E-state index contributed by atoms with van der Waals surface area (Å²) in [5.74, 6) is 0.879. The first-order valence-electron chi connectivity index (χ1n) is 8.96. The minimum atomic E-state index is 0.698. The van der Waals surface area contributed by atoms with Crippen molar-refractivity contribution in [1.82, 2.24) is 15.1 Å². The van der Waals surface area contributed by atoms with Crippen molar-refractivity contribution in [2.45, 2.75) is 70.5 Å². The highest BCUT2D eigenvalue weighted by Crippen LogP contribution is 2.32. The molecule has 0 saturated carbocycles. The van der Waals surface area contributed by atoms with Crippen LogP contribution in [-0.4, -0.2) is 60.6 Å². The minimum Gasteiger partial charge on any atom is -0.316 e. The molecule has 0 bridgehead atoms. The molecule has 0 aromatic heterocycles. The molecule has 3 aliphatic rings. The highest BCUT2D eigenvalue weighted by molar-refractivity contribution is 4.96. The number of rotatable bonds is 4. The predicted octanol–water partition coefficient (Wildman–Crippen LogP) is 2.32. The van der Waals surface area contributed by atoms with Crippen LogP contribution in [0.1, 0.15) is 52.4 Å². The summed E-state index contributed by atoms with van der Waals surface area (Å²) in [6, 6.07) is 2.39. The van der Waals surface area contributed by atoms with E-state index >= 15 is 0 Å². The summed E-state index contributed by atoms with van der Waals surface area (Å²) < 4.78 is 0. The molecule has 0 spiro atoms. The lowest BCUT2D eigenvalue weighted by Crippen LogP contribution is -2.52. The van der Waals surface area contributed by atoms with Gasteiger partial charge in [0.05, 0.1) is 0 Å². The van der Waals surface area contributed by atoms with E-state index in [0.717, 1.165) is 18.0 Å². The number of fused-ring (bicyclic) bond motifs is 1. The summed E-state index contributed by atoms with van der Waals surface area (Å²) >= 11 is 0. The molecule has 20 heavy (non-hydrogen) atoms. The van der Waals surface area contributed by atoms with Gasteiger partial charge in [0.2, 0.25) is 0 Å². The van der Waals surface area contributed by atoms with Gasteiger partial charge >= 0.3 is 0 Å². The van der Waals surface area contributed by atoms with Gasteiger partial charge < -0.3 is 5.32 Å². The summed E-state index contributed by atoms with van der Waals surface area (Å²) in [6.45, 7) is 11.3. The van der Waals surface area contributed by atoms with E-state index in [1.54, 1.807) is 0 Å². The lowest BCUT2D eigenvalue weighted by atomic mass is 9.93. The van der Waals surface area contributed by atoms with Crippen molar-refractivity contribution in [3.05, 3.63) is 0 Å². The Bertz CT molecular complexity index is 299. The zero-order valence-electron chi connectivity index (χ0n) is 13.5. The van der Waals surface area contributed by atoms with E-state index in [4.69, 9.17) is 0 Å². The summed E-state index contributed by atoms with van der Waals surface area (Å²) in [6.07, 6.45) is 8.53. The lowest BCUT2D eigenvalue weighted by Gasteiger charge is -2.42. The largest absolute Gasteiger partial charge is 0.316 e. The number of nitrogens with zero attached hydrogens (tertiary/aromatic N) is 2. The quantitative estimate of drug-likeness (QED) is 0.852. The van der Waals surface area contributed by atoms with E-state index in [0.29, 0.717) is 6.04 Å². The molecule has 0 aromatic carbocycles. The molecule has 0 aliphatic carbocycles. The molecule has 1 N–H and O–H groups in total. The van der Waals surface area contributed by atoms with Gasteiger partial charge in [-0.25, -0.2) is 0 Å². The molecule has 3 fully saturated rings. The fraction of sp³-hybridized carbons (Fsp3) is 1.00. The average Bonchev–Trinajstić information content (AvgIpc) is 2.89. The van der Waals surface area contributed by atoms with E-state index in [1.165, 1.54) is 71.2 Å². The van der Waals surface area contributed by atoms with Crippen LogP contribution in [0.4, 0.5) is 0 Å². The van der Waals surface area contributed by atoms with Gasteiger partial charge in [-0.05, 0) is 71.5 Å². The molecule has 3 heterocycles. The van der Waals surface area contributed by atoms with Crippen molar-refractivity contribution in [1.29, 1.82) is 0 Å². The standard InChI is InChI=1S/C17H33N3/c1-14(2)20(13-15-6-5-9-18-12-15)17-8-11-19-10-4-3-7-16(17)19/h14-18H,3-13H2,1-2H3. The van der Waals surface area contributed by atoms with Gasteiger partial charge in [0.25, 0.3) is 0 Å². The summed E-state index contributed by atoms with van der Waals surface area (Å²) in [5, 5.41) is 3.59. The van der Waals surface area contributed by atoms with Crippen LogP contribution in [-0.2, 0) is 0 Å².